The van der Waals surface area contributed by atoms with Crippen molar-refractivity contribution >= 4 is 39.0 Å². The van der Waals surface area contributed by atoms with Crippen molar-refractivity contribution in [2.75, 3.05) is 5.32 Å². The van der Waals surface area contributed by atoms with E-state index in [9.17, 15) is 4.39 Å². The van der Waals surface area contributed by atoms with Gasteiger partial charge in [-0.25, -0.2) is 14.4 Å². The Balaban J connectivity index is 2.35. The Labute approximate surface area is 124 Å². The number of rotatable bonds is 3. The van der Waals surface area contributed by atoms with Gasteiger partial charge in [-0.15, -0.1) is 0 Å². The molecule has 1 aromatic carbocycles. The smallest absolute Gasteiger partial charge is 0.152 e. The van der Waals surface area contributed by atoms with Crippen LogP contribution in [0.4, 0.5) is 15.9 Å². The molecule has 0 unspecified atom stereocenters. The van der Waals surface area contributed by atoms with Gasteiger partial charge in [0.2, 0.25) is 0 Å². The fourth-order valence-electron chi connectivity index (χ4n) is 1.59. The minimum Gasteiger partial charge on any atom is -0.339 e. The topological polar surface area (TPSA) is 37.8 Å². The first kappa shape index (κ1) is 14.2. The number of halogens is 3. The van der Waals surface area contributed by atoms with E-state index in [2.05, 4.69) is 31.2 Å². The van der Waals surface area contributed by atoms with Crippen molar-refractivity contribution in [3.63, 3.8) is 0 Å². The van der Waals surface area contributed by atoms with Gasteiger partial charge in [0.05, 0.1) is 16.9 Å². The second-order valence-corrected chi connectivity index (χ2v) is 5.55. The van der Waals surface area contributed by atoms with E-state index in [0.29, 0.717) is 16.1 Å². The normalized spacial score (nSPS) is 10.8. The molecule has 0 aliphatic rings. The predicted molar refractivity (Wildman–Crippen MR) is 78.5 cm³/mol. The Morgan fingerprint density at radius 3 is 2.74 bits per heavy atom. The molecule has 0 radical (unpaired) electrons. The maximum atomic E-state index is 13.4. The van der Waals surface area contributed by atoms with Crippen molar-refractivity contribution in [2.45, 2.75) is 19.8 Å². The summed E-state index contributed by atoms with van der Waals surface area (Å²) in [5.74, 6) is 0.340. The van der Waals surface area contributed by atoms with Gasteiger partial charge in [0.15, 0.2) is 5.82 Å². The van der Waals surface area contributed by atoms with Crippen LogP contribution in [0.1, 0.15) is 25.5 Å². The summed E-state index contributed by atoms with van der Waals surface area (Å²) >= 11 is 8.94. The van der Waals surface area contributed by atoms with E-state index >= 15 is 0 Å². The zero-order valence-corrected chi connectivity index (χ0v) is 12.8. The van der Waals surface area contributed by atoms with Gasteiger partial charge in [0.25, 0.3) is 0 Å². The maximum absolute atomic E-state index is 13.4. The van der Waals surface area contributed by atoms with E-state index in [-0.39, 0.29) is 10.9 Å². The molecule has 0 spiro atoms. The molecule has 19 heavy (non-hydrogen) atoms. The second kappa shape index (κ2) is 5.84. The van der Waals surface area contributed by atoms with E-state index in [1.165, 1.54) is 12.1 Å². The molecule has 0 amide bonds. The lowest BCUT2D eigenvalue weighted by Crippen LogP contribution is -2.04. The van der Waals surface area contributed by atoms with Gasteiger partial charge < -0.3 is 5.32 Å². The van der Waals surface area contributed by atoms with Crippen LogP contribution < -0.4 is 5.32 Å². The molecule has 0 saturated heterocycles. The molecule has 0 fully saturated rings. The molecule has 100 valence electrons. The zero-order valence-electron chi connectivity index (χ0n) is 10.4. The molecule has 0 aliphatic carbocycles. The third-order valence-electron chi connectivity index (χ3n) is 2.50. The van der Waals surface area contributed by atoms with Crippen molar-refractivity contribution in [3.05, 3.63) is 45.5 Å². The van der Waals surface area contributed by atoms with Crippen molar-refractivity contribution in [1.29, 1.82) is 0 Å². The number of anilines is 2. The lowest BCUT2D eigenvalue weighted by atomic mass is 10.1. The summed E-state index contributed by atoms with van der Waals surface area (Å²) in [6.45, 7) is 4.04. The van der Waals surface area contributed by atoms with Crippen molar-refractivity contribution in [1.82, 2.24) is 9.97 Å². The number of benzene rings is 1. The Hall–Kier alpha value is -1.20. The first-order chi connectivity index (χ1) is 8.97. The fraction of sp³-hybridized carbons (Fsp3) is 0.231. The van der Waals surface area contributed by atoms with Crippen LogP contribution in [0.2, 0.25) is 5.02 Å². The highest BCUT2D eigenvalue weighted by atomic mass is 79.9. The van der Waals surface area contributed by atoms with Crippen molar-refractivity contribution in [3.8, 4) is 0 Å². The third kappa shape index (κ3) is 3.42. The Kier molecular flexibility index (Phi) is 4.37. The van der Waals surface area contributed by atoms with E-state index < -0.39 is 5.82 Å². The predicted octanol–water partition coefficient (Wildman–Crippen LogP) is 4.90. The molecule has 0 aliphatic heterocycles. The van der Waals surface area contributed by atoms with E-state index in [0.717, 1.165) is 5.69 Å². The molecule has 3 nitrogen and oxygen atoms in total. The largest absolute Gasteiger partial charge is 0.339 e. The minimum absolute atomic E-state index is 0.0940. The van der Waals surface area contributed by atoms with Crippen LogP contribution in [0.5, 0.6) is 0 Å². The van der Waals surface area contributed by atoms with Crippen LogP contribution >= 0.6 is 27.5 Å². The maximum Gasteiger partial charge on any atom is 0.152 e. The van der Waals surface area contributed by atoms with Crippen molar-refractivity contribution in [2.24, 2.45) is 0 Å². The molecule has 6 heteroatoms. The van der Waals surface area contributed by atoms with E-state index in [4.69, 9.17) is 11.6 Å². The number of hydrogen-bond donors (Lipinski definition) is 1. The molecule has 0 bridgehead atoms. The highest BCUT2D eigenvalue weighted by Gasteiger charge is 2.11. The molecule has 0 atom stereocenters. The van der Waals surface area contributed by atoms with Crippen LogP contribution in [0.25, 0.3) is 0 Å². The first-order valence-corrected chi connectivity index (χ1v) is 6.89. The Morgan fingerprint density at radius 1 is 1.37 bits per heavy atom. The van der Waals surface area contributed by atoms with E-state index in [1.807, 2.05) is 13.8 Å². The second-order valence-electron chi connectivity index (χ2n) is 4.34. The number of nitrogens with zero attached hydrogens (tertiary/aromatic N) is 2. The van der Waals surface area contributed by atoms with Gasteiger partial charge in [-0.05, 0) is 40.0 Å². The van der Waals surface area contributed by atoms with Gasteiger partial charge in [0.1, 0.15) is 10.4 Å². The minimum atomic E-state index is -0.470. The van der Waals surface area contributed by atoms with Crippen LogP contribution in [-0.4, -0.2) is 9.97 Å². The van der Waals surface area contributed by atoms with Crippen LogP contribution in [0.3, 0.4) is 0 Å². The molecule has 1 N–H and O–H groups in total. The molecule has 2 aromatic rings. The van der Waals surface area contributed by atoms with Crippen LogP contribution in [0, 0.1) is 5.82 Å². The Morgan fingerprint density at radius 2 is 2.11 bits per heavy atom. The molecule has 0 saturated carbocycles. The zero-order chi connectivity index (χ0) is 14.0. The summed E-state index contributed by atoms with van der Waals surface area (Å²) in [5.41, 5.74) is 1.39. The highest BCUT2D eigenvalue weighted by Crippen LogP contribution is 2.26. The van der Waals surface area contributed by atoms with Gasteiger partial charge >= 0.3 is 0 Å². The van der Waals surface area contributed by atoms with Gasteiger partial charge in [-0.3, -0.25) is 0 Å². The number of aromatic nitrogens is 2. The molecule has 2 rings (SSSR count). The molecule has 1 heterocycles. The van der Waals surface area contributed by atoms with Gasteiger partial charge in [-0.2, -0.15) is 0 Å². The Bertz CT molecular complexity index is 604. The molecule has 1 aromatic heterocycles. The SMILES string of the molecule is CC(C)c1nc(Br)cnc1Nc1ccc(Cl)c(F)c1. The lowest BCUT2D eigenvalue weighted by Gasteiger charge is -2.13. The standard InChI is InChI=1S/C13H12BrClFN3/c1-7(2)12-13(17-6-11(14)19-12)18-8-3-4-9(15)10(16)5-8/h3-7H,1-2H3,(H,17,18). The first-order valence-electron chi connectivity index (χ1n) is 5.72. The average molecular weight is 345 g/mol. The summed E-state index contributed by atoms with van der Waals surface area (Å²) < 4.78 is 14.1. The molecular formula is C13H12BrClFN3. The summed E-state index contributed by atoms with van der Waals surface area (Å²) in [5, 5.41) is 3.15. The highest BCUT2D eigenvalue weighted by molar-refractivity contribution is 9.10. The summed E-state index contributed by atoms with van der Waals surface area (Å²) in [4.78, 5) is 8.65. The third-order valence-corrected chi connectivity index (χ3v) is 3.19. The molecular weight excluding hydrogens is 333 g/mol. The van der Waals surface area contributed by atoms with Crippen LogP contribution in [0.15, 0.2) is 29.0 Å². The number of nitrogens with one attached hydrogen (secondary N) is 1. The summed E-state index contributed by atoms with van der Waals surface area (Å²) in [6, 6.07) is 4.52. The summed E-state index contributed by atoms with van der Waals surface area (Å²) in [7, 11) is 0. The monoisotopic (exact) mass is 343 g/mol. The quantitative estimate of drug-likeness (QED) is 0.860. The average Bonchev–Trinajstić information content (AvgIpc) is 2.36. The van der Waals surface area contributed by atoms with Gasteiger partial charge in [0, 0.05) is 5.69 Å². The van der Waals surface area contributed by atoms with Gasteiger partial charge in [-0.1, -0.05) is 25.4 Å². The lowest BCUT2D eigenvalue weighted by molar-refractivity contribution is 0.629. The van der Waals surface area contributed by atoms with E-state index in [1.54, 1.807) is 12.3 Å². The summed E-state index contributed by atoms with van der Waals surface area (Å²) in [6.07, 6.45) is 1.60. The number of hydrogen-bond acceptors (Lipinski definition) is 3. The van der Waals surface area contributed by atoms with Crippen LogP contribution in [-0.2, 0) is 0 Å². The fourth-order valence-corrected chi connectivity index (χ4v) is 2.00. The van der Waals surface area contributed by atoms with Crippen molar-refractivity contribution < 1.29 is 4.39 Å².